The van der Waals surface area contributed by atoms with Gasteiger partial charge >= 0.3 is 30.1 Å². The van der Waals surface area contributed by atoms with Crippen molar-refractivity contribution in [3.8, 4) is 23.4 Å². The fraction of sp³-hybridized carbons (Fsp3) is 0.410. The maximum Gasteiger partial charge on any atom is 0.490 e. The Morgan fingerprint density at radius 1 is 0.483 bits per heavy atom. The standard InChI is InChI=1S/C24H26Cl2N4O4.C16H18Cl2N4O3.C14H14Cl2N4O3.C11H13Cl2NO.C6H3Cl2I.C5H11NO.C2HF3O2/c1-3-33-24(31)22-23(30(28-27-22)15-16-4-7-18(32-2)8-5-16)34-19-10-12-29(13-11-19)21-14-17(25)6-9-20(21)26;1-2-24-16(23)14-15(20-21-19-14)25-11-5-7-22(8-6-11)13-9-10(17)3-4-12(13)18;15-8-1-2-10(16)11(7-8)20-5-3-9(4-6-20)23-13-12(14(21)22)17-19-18-13;12-8-1-2-10(13)11(7-8)14-5-3-9(15)4-6-14;7-4-1-2-5(8)6(9)3-4;7-5-1-3-6-4-2-5;3-2(4,5)1(6)7/h4-9,14,19H,3,10-13,15H2,1-2H3;3-4,9,11H,2,5-8H2,1H3,(H,19,20,21);1-2,7,9H,3-6H2,(H,21,22)(H,17,18,19);1-2,7,9,15H,3-6H2;1-3H;5-7H,1-4H2;(H,6,7). The molecule has 28 nitrogen and oxygen atoms in total. The van der Waals surface area contributed by atoms with Crippen LogP contribution < -0.4 is 43.9 Å². The molecule has 5 fully saturated rings. The molecule has 0 atom stereocenters. The van der Waals surface area contributed by atoms with Crippen LogP contribution in [0.15, 0.2) is 115 Å². The van der Waals surface area contributed by atoms with Crippen molar-refractivity contribution in [3.63, 3.8) is 0 Å². The number of piperidine rings is 5. The topological polar surface area (TPSA) is 343 Å². The van der Waals surface area contributed by atoms with Crippen LogP contribution in [-0.4, -0.2) is 213 Å². The predicted molar refractivity (Wildman–Crippen MR) is 466 cm³/mol. The normalized spacial score (nSPS) is 15.3. The molecule has 8 heterocycles. The van der Waals surface area contributed by atoms with Gasteiger partial charge in [0.05, 0.1) is 86.9 Å². The maximum atomic E-state index is 12.5. The molecule has 0 amide bonds. The number of aromatic carboxylic acids is 1. The molecule has 6 aromatic carbocycles. The highest BCUT2D eigenvalue weighted by atomic mass is 127. The van der Waals surface area contributed by atoms with Crippen LogP contribution in [0.1, 0.15) is 115 Å². The number of methoxy groups -OCH3 is 1. The summed E-state index contributed by atoms with van der Waals surface area (Å²) in [6, 6.07) is 34.7. The first-order chi connectivity index (χ1) is 57.3. The van der Waals surface area contributed by atoms with E-state index >= 15 is 0 Å². The van der Waals surface area contributed by atoms with Crippen molar-refractivity contribution in [2.24, 2.45) is 0 Å². The number of carbonyl (C=O) groups excluding carboxylic acids is 2. The number of hydrogen-bond acceptors (Lipinski definition) is 23. The van der Waals surface area contributed by atoms with E-state index in [4.69, 9.17) is 165 Å². The molecule has 5 saturated heterocycles. The number of anilines is 4. The number of H-pyrrole nitrogens is 2. The Balaban J connectivity index is 0.000000186. The Bertz CT molecular complexity index is 4760. The highest BCUT2D eigenvalue weighted by Gasteiger charge is 2.38. The lowest BCUT2D eigenvalue weighted by molar-refractivity contribution is -0.192. The lowest BCUT2D eigenvalue weighted by Crippen LogP contribution is -2.39. The van der Waals surface area contributed by atoms with E-state index in [2.05, 4.69) is 88.6 Å². The van der Waals surface area contributed by atoms with Gasteiger partial charge < -0.3 is 73.8 Å². The van der Waals surface area contributed by atoms with Crippen LogP contribution in [0, 0.1) is 3.57 Å². The van der Waals surface area contributed by atoms with Crippen LogP contribution >= 0.6 is 139 Å². The number of aliphatic hydroxyl groups is 2. The molecule has 650 valence electrons. The largest absolute Gasteiger partial charge is 0.497 e. The molecule has 0 unspecified atom stereocenters. The molecular formula is C78H86Cl10F3IN14O14. The number of hydrogen-bond donors (Lipinski definition) is 7. The van der Waals surface area contributed by atoms with E-state index < -0.39 is 30.1 Å². The number of aliphatic carboxylic acids is 1. The van der Waals surface area contributed by atoms with Crippen molar-refractivity contribution in [3.05, 3.63) is 192 Å². The molecule has 14 rings (SSSR count). The summed E-state index contributed by atoms with van der Waals surface area (Å²) in [6.07, 6.45) is 2.30. The summed E-state index contributed by atoms with van der Waals surface area (Å²) in [5.41, 5.74) is 4.74. The van der Waals surface area contributed by atoms with E-state index in [9.17, 15) is 32.7 Å². The first kappa shape index (κ1) is 97.8. The third-order valence-electron chi connectivity index (χ3n) is 18.4. The van der Waals surface area contributed by atoms with Gasteiger partial charge in [0.15, 0.2) is 0 Å². The monoisotopic (exact) mass is 1980 g/mol. The SMILES string of the molecule is CCOC(=O)c1[nH]nnc1OC1CCN(c2cc(Cl)ccc2Cl)CC1.CCOC(=O)c1nnn(Cc2ccc(OC)cc2)c1OC1CCN(c2cc(Cl)ccc2Cl)CC1.Clc1ccc(Cl)c(I)c1.O=C(O)C(F)(F)F.O=C(O)c1[nH]nnc1OC1CCN(c2cc(Cl)ccc2Cl)CC1.OC1CCN(c2cc(Cl)ccc2Cl)CC1.OC1CCNCC1. The number of ether oxygens (including phenoxy) is 6. The number of nitrogens with one attached hydrogen (secondary N) is 3. The van der Waals surface area contributed by atoms with Crippen LogP contribution in [0.2, 0.25) is 50.2 Å². The molecule has 120 heavy (non-hydrogen) atoms. The Kier molecular flexibility index (Phi) is 39.9. The van der Waals surface area contributed by atoms with Gasteiger partial charge in [0.2, 0.25) is 23.0 Å². The summed E-state index contributed by atoms with van der Waals surface area (Å²) in [5, 5.41) is 72.1. The van der Waals surface area contributed by atoms with E-state index in [0.717, 1.165) is 182 Å². The molecule has 0 radical (unpaired) electrons. The van der Waals surface area contributed by atoms with Gasteiger partial charge in [-0.1, -0.05) is 154 Å². The van der Waals surface area contributed by atoms with Crippen molar-refractivity contribution < 1.29 is 81.2 Å². The number of aromatic nitrogens is 9. The van der Waals surface area contributed by atoms with Gasteiger partial charge in [-0.05, 0) is 184 Å². The molecule has 3 aromatic heterocycles. The third kappa shape index (κ3) is 31.0. The number of benzene rings is 6. The maximum absolute atomic E-state index is 12.5. The zero-order chi connectivity index (χ0) is 87.2. The number of carboxylic acid groups (broad SMARTS) is 2. The number of nitrogens with zero attached hydrogens (tertiary/aromatic N) is 11. The molecule has 5 aliphatic rings. The highest BCUT2D eigenvalue weighted by molar-refractivity contribution is 14.1. The van der Waals surface area contributed by atoms with E-state index in [1.54, 1.807) is 80.2 Å². The lowest BCUT2D eigenvalue weighted by atomic mass is 10.1. The van der Waals surface area contributed by atoms with Crippen LogP contribution in [0.25, 0.3) is 0 Å². The summed E-state index contributed by atoms with van der Waals surface area (Å²) in [6.45, 7) is 12.5. The molecule has 0 spiro atoms. The zero-order valence-corrected chi connectivity index (χ0v) is 74.4. The van der Waals surface area contributed by atoms with Gasteiger partial charge in [-0.3, -0.25) is 0 Å². The second-order valence-corrected chi connectivity index (χ2v) is 32.2. The zero-order valence-electron chi connectivity index (χ0n) is 64.7. The van der Waals surface area contributed by atoms with Crippen molar-refractivity contribution in [2.45, 2.75) is 121 Å². The Labute approximate surface area is 753 Å². The predicted octanol–water partition coefficient (Wildman–Crippen LogP) is 18.0. The van der Waals surface area contributed by atoms with Gasteiger partial charge in [0, 0.05) is 120 Å². The molecule has 5 aliphatic heterocycles. The minimum absolute atomic E-state index is 0.0248. The summed E-state index contributed by atoms with van der Waals surface area (Å²) in [4.78, 5) is 52.9. The average Bonchev–Trinajstić information content (AvgIpc) is 1.83. The molecule has 0 saturated carbocycles. The molecule has 0 bridgehead atoms. The quantitative estimate of drug-likeness (QED) is 0.0238. The van der Waals surface area contributed by atoms with Crippen molar-refractivity contribution in [1.82, 2.24) is 51.1 Å². The Hall–Kier alpha value is -7.68. The number of esters is 2. The number of carboxylic acids is 2. The minimum atomic E-state index is -5.08. The van der Waals surface area contributed by atoms with Gasteiger partial charge in [-0.2, -0.15) is 13.2 Å². The molecule has 0 aliphatic carbocycles. The van der Waals surface area contributed by atoms with Gasteiger partial charge in [0.25, 0.3) is 11.8 Å². The first-order valence-corrected chi connectivity index (χ1v) is 42.4. The van der Waals surface area contributed by atoms with Crippen LogP contribution in [-0.2, 0) is 20.8 Å². The van der Waals surface area contributed by atoms with Crippen molar-refractivity contribution in [1.29, 1.82) is 0 Å². The third-order valence-corrected chi connectivity index (χ3v) is 22.4. The van der Waals surface area contributed by atoms with E-state index in [1.807, 2.05) is 60.7 Å². The Morgan fingerprint density at radius 3 is 1.20 bits per heavy atom. The van der Waals surface area contributed by atoms with Crippen molar-refractivity contribution >= 4 is 185 Å². The molecule has 9 aromatic rings. The summed E-state index contributed by atoms with van der Waals surface area (Å²) in [5.74, 6) is -3.70. The highest BCUT2D eigenvalue weighted by Crippen LogP contribution is 2.37. The molecule has 42 heteroatoms. The van der Waals surface area contributed by atoms with E-state index in [1.165, 1.54) is 0 Å². The summed E-state index contributed by atoms with van der Waals surface area (Å²) in [7, 11) is 1.62. The van der Waals surface area contributed by atoms with Crippen molar-refractivity contribution in [2.75, 3.05) is 105 Å². The fourth-order valence-corrected chi connectivity index (χ4v) is 14.8. The van der Waals surface area contributed by atoms with Crippen LogP contribution in [0.3, 0.4) is 0 Å². The van der Waals surface area contributed by atoms with Crippen LogP contribution in [0.5, 0.6) is 23.4 Å². The second kappa shape index (κ2) is 49.0. The number of halogens is 14. The summed E-state index contributed by atoms with van der Waals surface area (Å²) >= 11 is 62.6. The van der Waals surface area contributed by atoms with Gasteiger partial charge in [0.1, 0.15) is 24.1 Å². The fourth-order valence-electron chi connectivity index (χ4n) is 12.2. The second-order valence-electron chi connectivity index (χ2n) is 26.8. The average molecular weight is 1980 g/mol. The number of aliphatic hydroxyl groups excluding tert-OH is 2. The number of rotatable bonds is 18. The number of aromatic amines is 2. The van der Waals surface area contributed by atoms with Gasteiger partial charge in [-0.15, -0.1) is 5.10 Å². The number of carbonyl (C=O) groups is 4. The number of alkyl halides is 3. The van der Waals surface area contributed by atoms with Gasteiger partial charge in [-0.25, -0.2) is 34.1 Å². The molecular weight excluding hydrogens is 1900 g/mol. The first-order valence-electron chi connectivity index (χ1n) is 37.5. The molecule has 7 N–H and O–H groups in total. The lowest BCUT2D eigenvalue weighted by Gasteiger charge is -2.34. The minimum Gasteiger partial charge on any atom is -0.497 e. The smallest absolute Gasteiger partial charge is 0.490 e. The van der Waals surface area contributed by atoms with E-state index in [-0.39, 0.29) is 72.6 Å². The summed E-state index contributed by atoms with van der Waals surface area (Å²) < 4.78 is 67.5. The Morgan fingerprint density at radius 2 is 0.842 bits per heavy atom. The van der Waals surface area contributed by atoms with E-state index in [0.29, 0.717) is 47.6 Å². The van der Waals surface area contributed by atoms with Crippen LogP contribution in [0.4, 0.5) is 35.9 Å².